The molecule has 0 amide bonds. The highest BCUT2D eigenvalue weighted by atomic mass is 16.5. The molecule has 0 radical (unpaired) electrons. The lowest BCUT2D eigenvalue weighted by Gasteiger charge is -2.14. The van der Waals surface area contributed by atoms with Gasteiger partial charge < -0.3 is 10.1 Å². The zero-order valence-corrected chi connectivity index (χ0v) is 11.6. The molecule has 0 saturated heterocycles. The van der Waals surface area contributed by atoms with Gasteiger partial charge in [-0.25, -0.2) is 0 Å². The van der Waals surface area contributed by atoms with E-state index in [9.17, 15) is 0 Å². The van der Waals surface area contributed by atoms with E-state index in [-0.39, 0.29) is 0 Å². The van der Waals surface area contributed by atoms with Crippen molar-refractivity contribution in [2.45, 2.75) is 38.6 Å². The molecule has 1 aromatic rings. The third-order valence-electron chi connectivity index (χ3n) is 3.15. The molecule has 1 atom stereocenters. The molecular formula is C16H25NO. The van der Waals surface area contributed by atoms with Gasteiger partial charge in [0.15, 0.2) is 0 Å². The molecule has 2 heteroatoms. The van der Waals surface area contributed by atoms with Gasteiger partial charge in [-0.2, -0.15) is 0 Å². The van der Waals surface area contributed by atoms with Crippen molar-refractivity contribution in [1.29, 1.82) is 0 Å². The van der Waals surface area contributed by atoms with Crippen molar-refractivity contribution in [2.24, 2.45) is 0 Å². The highest BCUT2D eigenvalue weighted by Crippen LogP contribution is 2.17. The van der Waals surface area contributed by atoms with Crippen molar-refractivity contribution in [3.8, 4) is 5.75 Å². The highest BCUT2D eigenvalue weighted by molar-refractivity contribution is 5.28. The monoisotopic (exact) mass is 247 g/mol. The third kappa shape index (κ3) is 5.37. The van der Waals surface area contributed by atoms with Gasteiger partial charge in [-0.1, -0.05) is 24.6 Å². The Kier molecular flexibility index (Phi) is 7.19. The molecule has 18 heavy (non-hydrogen) atoms. The summed E-state index contributed by atoms with van der Waals surface area (Å²) in [6.07, 6.45) is 6.88. The fraction of sp³-hybridized carbons (Fsp3) is 0.500. The first-order chi connectivity index (χ1) is 8.77. The molecule has 1 aromatic carbocycles. The minimum atomic E-state index is 0.398. The Bertz CT molecular complexity index is 331. The molecular weight excluding hydrogens is 222 g/mol. The fourth-order valence-electron chi connectivity index (χ4n) is 1.92. The second kappa shape index (κ2) is 8.76. The van der Waals surface area contributed by atoms with Gasteiger partial charge in [0.25, 0.3) is 0 Å². The van der Waals surface area contributed by atoms with Crippen molar-refractivity contribution in [3.63, 3.8) is 0 Å². The largest absolute Gasteiger partial charge is 0.497 e. The van der Waals surface area contributed by atoms with Crippen LogP contribution in [0.2, 0.25) is 0 Å². The van der Waals surface area contributed by atoms with Gasteiger partial charge in [-0.3, -0.25) is 0 Å². The number of methoxy groups -OCH3 is 1. The van der Waals surface area contributed by atoms with Crippen LogP contribution in [0.1, 0.15) is 44.2 Å². The smallest absolute Gasteiger partial charge is 0.118 e. The lowest BCUT2D eigenvalue weighted by Crippen LogP contribution is -2.19. The average molecular weight is 247 g/mol. The number of hydrogen-bond donors (Lipinski definition) is 1. The van der Waals surface area contributed by atoms with Gasteiger partial charge in [-0.15, -0.1) is 6.58 Å². The quantitative estimate of drug-likeness (QED) is 0.524. The number of nitrogens with one attached hydrogen (secondary N) is 1. The summed E-state index contributed by atoms with van der Waals surface area (Å²) in [5.74, 6) is 0.912. The molecule has 0 aliphatic heterocycles. The van der Waals surface area contributed by atoms with E-state index in [0.29, 0.717) is 6.04 Å². The van der Waals surface area contributed by atoms with E-state index in [1.165, 1.54) is 24.8 Å². The number of allylic oxidation sites excluding steroid dienone is 1. The van der Waals surface area contributed by atoms with E-state index >= 15 is 0 Å². The zero-order chi connectivity index (χ0) is 13.2. The van der Waals surface area contributed by atoms with E-state index < -0.39 is 0 Å². The van der Waals surface area contributed by atoms with Crippen LogP contribution in [-0.4, -0.2) is 13.7 Å². The minimum absolute atomic E-state index is 0.398. The Morgan fingerprint density at radius 1 is 1.22 bits per heavy atom. The molecule has 100 valence electrons. The second-order valence-corrected chi connectivity index (χ2v) is 4.59. The van der Waals surface area contributed by atoms with Gasteiger partial charge in [0, 0.05) is 6.04 Å². The topological polar surface area (TPSA) is 21.3 Å². The molecule has 0 heterocycles. The molecule has 0 unspecified atom stereocenters. The Labute approximate surface area is 111 Å². The number of hydrogen-bond acceptors (Lipinski definition) is 2. The maximum atomic E-state index is 5.16. The van der Waals surface area contributed by atoms with Crippen molar-refractivity contribution in [3.05, 3.63) is 42.5 Å². The maximum Gasteiger partial charge on any atom is 0.118 e. The molecule has 0 fully saturated rings. The second-order valence-electron chi connectivity index (χ2n) is 4.59. The Morgan fingerprint density at radius 2 is 1.94 bits per heavy atom. The van der Waals surface area contributed by atoms with Crippen LogP contribution in [0.5, 0.6) is 5.75 Å². The lowest BCUT2D eigenvalue weighted by atomic mass is 10.1. The summed E-state index contributed by atoms with van der Waals surface area (Å²) in [7, 11) is 1.69. The summed E-state index contributed by atoms with van der Waals surface area (Å²) in [6, 6.07) is 8.66. The van der Waals surface area contributed by atoms with Crippen LogP contribution >= 0.6 is 0 Å². The van der Waals surface area contributed by atoms with Crippen LogP contribution in [0.15, 0.2) is 36.9 Å². The summed E-state index contributed by atoms with van der Waals surface area (Å²) < 4.78 is 5.16. The fourth-order valence-corrected chi connectivity index (χ4v) is 1.92. The third-order valence-corrected chi connectivity index (χ3v) is 3.15. The predicted octanol–water partition coefficient (Wildman–Crippen LogP) is 4.09. The molecule has 0 aliphatic rings. The molecule has 0 aliphatic carbocycles. The van der Waals surface area contributed by atoms with Gasteiger partial charge in [0.2, 0.25) is 0 Å². The first kappa shape index (κ1) is 14.8. The Morgan fingerprint density at radius 3 is 2.56 bits per heavy atom. The number of ether oxygens (including phenoxy) is 1. The summed E-state index contributed by atoms with van der Waals surface area (Å²) in [6.45, 7) is 7.01. The molecule has 1 rings (SSSR count). The van der Waals surface area contributed by atoms with Gasteiger partial charge >= 0.3 is 0 Å². The van der Waals surface area contributed by atoms with Crippen LogP contribution in [-0.2, 0) is 0 Å². The standard InChI is InChI=1S/C16H25NO/c1-4-5-6-7-8-13-17-14(2)15-9-11-16(18-3)12-10-15/h4,9-12,14,17H,1,5-8,13H2,2-3H3/t14-/m0/s1. The van der Waals surface area contributed by atoms with Crippen molar-refractivity contribution in [2.75, 3.05) is 13.7 Å². The lowest BCUT2D eigenvalue weighted by molar-refractivity contribution is 0.414. The molecule has 0 bridgehead atoms. The maximum absolute atomic E-state index is 5.16. The van der Waals surface area contributed by atoms with Crippen LogP contribution in [0.3, 0.4) is 0 Å². The molecule has 0 saturated carbocycles. The zero-order valence-electron chi connectivity index (χ0n) is 11.6. The first-order valence-electron chi connectivity index (χ1n) is 6.76. The van der Waals surface area contributed by atoms with Gasteiger partial charge in [-0.05, 0) is 50.4 Å². The molecule has 0 aromatic heterocycles. The van der Waals surface area contributed by atoms with Crippen LogP contribution in [0.4, 0.5) is 0 Å². The Hall–Kier alpha value is -1.28. The normalized spacial score (nSPS) is 12.1. The molecule has 0 spiro atoms. The van der Waals surface area contributed by atoms with E-state index in [0.717, 1.165) is 18.7 Å². The Balaban J connectivity index is 2.22. The summed E-state index contributed by atoms with van der Waals surface area (Å²) >= 11 is 0. The first-order valence-corrected chi connectivity index (χ1v) is 6.76. The summed E-state index contributed by atoms with van der Waals surface area (Å²) in [4.78, 5) is 0. The van der Waals surface area contributed by atoms with E-state index in [4.69, 9.17) is 4.74 Å². The number of rotatable bonds is 9. The number of unbranched alkanes of at least 4 members (excludes halogenated alkanes) is 3. The van der Waals surface area contributed by atoms with Crippen LogP contribution in [0, 0.1) is 0 Å². The number of benzene rings is 1. The van der Waals surface area contributed by atoms with E-state index in [2.05, 4.69) is 31.0 Å². The van der Waals surface area contributed by atoms with Crippen molar-refractivity contribution >= 4 is 0 Å². The average Bonchev–Trinajstić information content (AvgIpc) is 2.42. The highest BCUT2D eigenvalue weighted by Gasteiger charge is 2.03. The van der Waals surface area contributed by atoms with Crippen molar-refractivity contribution in [1.82, 2.24) is 5.32 Å². The van der Waals surface area contributed by atoms with Crippen molar-refractivity contribution < 1.29 is 4.74 Å². The SMILES string of the molecule is C=CCCCCCN[C@@H](C)c1ccc(OC)cc1. The summed E-state index contributed by atoms with van der Waals surface area (Å²) in [5, 5.41) is 3.55. The van der Waals surface area contributed by atoms with Crippen LogP contribution < -0.4 is 10.1 Å². The summed E-state index contributed by atoms with van der Waals surface area (Å²) in [5.41, 5.74) is 1.31. The van der Waals surface area contributed by atoms with Gasteiger partial charge in [0.05, 0.1) is 7.11 Å². The molecule has 1 N–H and O–H groups in total. The minimum Gasteiger partial charge on any atom is -0.497 e. The van der Waals surface area contributed by atoms with E-state index in [1.807, 2.05) is 18.2 Å². The predicted molar refractivity (Wildman–Crippen MR) is 78.1 cm³/mol. The van der Waals surface area contributed by atoms with Gasteiger partial charge in [0.1, 0.15) is 5.75 Å². The van der Waals surface area contributed by atoms with E-state index in [1.54, 1.807) is 7.11 Å². The van der Waals surface area contributed by atoms with Crippen LogP contribution in [0.25, 0.3) is 0 Å². The molecule has 2 nitrogen and oxygen atoms in total.